The van der Waals surface area contributed by atoms with Crippen LogP contribution in [0.25, 0.3) is 0 Å². The van der Waals surface area contributed by atoms with Gasteiger partial charge in [-0.25, -0.2) is 0 Å². The van der Waals surface area contributed by atoms with Gasteiger partial charge in [0.2, 0.25) is 0 Å². The summed E-state index contributed by atoms with van der Waals surface area (Å²) in [5.74, 6) is 0.0184. The molecule has 4 rings (SSSR count). The molecule has 4 nitrogen and oxygen atoms in total. The number of anilines is 1. The minimum Gasteiger partial charge on any atom is -0.291 e. The summed E-state index contributed by atoms with van der Waals surface area (Å²) < 4.78 is 0.838. The molecule has 23 heavy (non-hydrogen) atoms. The van der Waals surface area contributed by atoms with Crippen molar-refractivity contribution in [2.45, 2.75) is 44.6 Å². The molecule has 0 unspecified atom stereocenters. The standard InChI is InChI=1S/C18H21BrN2O2/c19-13-7-8-16-14(10-13)17(22)18(23)21(16)11-20-9-3-5-12-4-1-2-6-15(12)20/h7-8,10,12,15H,1-6,9,11H2/t12-,15-/m0/s1. The average molecular weight is 377 g/mol. The van der Waals surface area contributed by atoms with Gasteiger partial charge in [0.15, 0.2) is 0 Å². The lowest BCUT2D eigenvalue weighted by molar-refractivity contribution is -0.115. The summed E-state index contributed by atoms with van der Waals surface area (Å²) in [6.45, 7) is 1.59. The molecule has 0 N–H and O–H groups in total. The van der Waals surface area contributed by atoms with Crippen molar-refractivity contribution < 1.29 is 9.59 Å². The van der Waals surface area contributed by atoms with Crippen molar-refractivity contribution in [3.63, 3.8) is 0 Å². The van der Waals surface area contributed by atoms with Crippen LogP contribution in [0.4, 0.5) is 5.69 Å². The number of hydrogen-bond donors (Lipinski definition) is 0. The zero-order chi connectivity index (χ0) is 16.0. The highest BCUT2D eigenvalue weighted by atomic mass is 79.9. The van der Waals surface area contributed by atoms with E-state index in [2.05, 4.69) is 20.8 Å². The Labute approximate surface area is 145 Å². The van der Waals surface area contributed by atoms with Crippen LogP contribution in [0.5, 0.6) is 0 Å². The molecule has 1 amide bonds. The topological polar surface area (TPSA) is 40.6 Å². The molecule has 1 saturated heterocycles. The number of halogens is 1. The van der Waals surface area contributed by atoms with Crippen LogP contribution in [0.15, 0.2) is 22.7 Å². The van der Waals surface area contributed by atoms with Crippen molar-refractivity contribution in [1.29, 1.82) is 0 Å². The van der Waals surface area contributed by atoms with Crippen LogP contribution in [0.3, 0.4) is 0 Å². The minimum atomic E-state index is -0.379. The smallest absolute Gasteiger partial charge is 0.291 e. The predicted molar refractivity (Wildman–Crippen MR) is 92.5 cm³/mol. The van der Waals surface area contributed by atoms with Gasteiger partial charge >= 0.3 is 5.91 Å². The first-order chi connectivity index (χ1) is 11.1. The van der Waals surface area contributed by atoms with Crippen LogP contribution >= 0.6 is 15.9 Å². The third-order valence-electron chi connectivity index (χ3n) is 5.61. The Morgan fingerprint density at radius 2 is 1.87 bits per heavy atom. The number of rotatable bonds is 2. The first kappa shape index (κ1) is 15.3. The fourth-order valence-electron chi connectivity index (χ4n) is 4.50. The highest BCUT2D eigenvalue weighted by Crippen LogP contribution is 2.37. The van der Waals surface area contributed by atoms with E-state index in [-0.39, 0.29) is 11.7 Å². The van der Waals surface area contributed by atoms with Crippen LogP contribution in [0.1, 0.15) is 48.9 Å². The SMILES string of the molecule is O=C1C(=O)N(CN2CCC[C@@H]3CCCC[C@@H]32)c2ccc(Br)cc21. The fraction of sp³-hybridized carbons (Fsp3) is 0.556. The van der Waals surface area contributed by atoms with Crippen molar-refractivity contribution >= 4 is 33.3 Å². The van der Waals surface area contributed by atoms with Gasteiger partial charge in [-0.2, -0.15) is 0 Å². The molecule has 1 aromatic carbocycles. The summed E-state index contributed by atoms with van der Waals surface area (Å²) in [4.78, 5) is 28.8. The molecule has 122 valence electrons. The average Bonchev–Trinajstić information content (AvgIpc) is 2.80. The molecule has 3 aliphatic rings. The van der Waals surface area contributed by atoms with Gasteiger partial charge in [0.25, 0.3) is 5.78 Å². The lowest BCUT2D eigenvalue weighted by atomic mass is 9.78. The molecule has 2 atom stereocenters. The maximum Gasteiger partial charge on any atom is 0.300 e. The second kappa shape index (κ2) is 6.02. The van der Waals surface area contributed by atoms with Crippen LogP contribution in [-0.2, 0) is 4.79 Å². The normalized spacial score (nSPS) is 28.0. The van der Waals surface area contributed by atoms with Crippen molar-refractivity contribution in [3.05, 3.63) is 28.2 Å². The number of likely N-dealkylation sites (tertiary alicyclic amines) is 1. The Morgan fingerprint density at radius 1 is 1.09 bits per heavy atom. The lowest BCUT2D eigenvalue weighted by Crippen LogP contribution is -2.52. The quantitative estimate of drug-likeness (QED) is 0.740. The molecule has 1 aliphatic carbocycles. The zero-order valence-electron chi connectivity index (χ0n) is 13.1. The molecule has 2 aliphatic heterocycles. The van der Waals surface area contributed by atoms with E-state index in [1.807, 2.05) is 12.1 Å². The van der Waals surface area contributed by atoms with Crippen LogP contribution in [0, 0.1) is 5.92 Å². The van der Waals surface area contributed by atoms with Gasteiger partial charge in [-0.15, -0.1) is 0 Å². The Balaban J connectivity index is 1.59. The molecular weight excluding hydrogens is 356 g/mol. The van der Waals surface area contributed by atoms with Crippen LogP contribution in [0.2, 0.25) is 0 Å². The second-order valence-electron chi connectivity index (χ2n) is 6.93. The van der Waals surface area contributed by atoms with Crippen LogP contribution in [-0.4, -0.2) is 35.8 Å². The Bertz CT molecular complexity index is 658. The first-order valence-corrected chi connectivity index (χ1v) is 9.34. The molecule has 1 saturated carbocycles. The highest BCUT2D eigenvalue weighted by molar-refractivity contribution is 9.10. The molecule has 1 aromatic rings. The highest BCUT2D eigenvalue weighted by Gasteiger charge is 2.40. The lowest BCUT2D eigenvalue weighted by Gasteiger charge is -2.45. The molecule has 0 aromatic heterocycles. The van der Waals surface area contributed by atoms with Crippen molar-refractivity contribution in [1.82, 2.24) is 4.90 Å². The largest absolute Gasteiger partial charge is 0.300 e. The summed E-state index contributed by atoms with van der Waals surface area (Å²) in [5.41, 5.74) is 1.29. The number of carbonyl (C=O) groups is 2. The minimum absolute atomic E-state index is 0.376. The van der Waals surface area contributed by atoms with Crippen molar-refractivity contribution in [2.24, 2.45) is 5.92 Å². The Morgan fingerprint density at radius 3 is 2.74 bits per heavy atom. The number of Topliss-reactive ketones (excluding diaryl/α,β-unsaturated/α-hetero) is 1. The Kier molecular flexibility index (Phi) is 4.01. The van der Waals surface area contributed by atoms with Crippen LogP contribution < -0.4 is 4.90 Å². The third-order valence-corrected chi connectivity index (χ3v) is 6.11. The molecule has 0 bridgehead atoms. The summed E-state index contributed by atoms with van der Waals surface area (Å²) >= 11 is 3.38. The second-order valence-corrected chi connectivity index (χ2v) is 7.85. The van der Waals surface area contributed by atoms with Gasteiger partial charge in [-0.05, 0) is 49.8 Å². The van der Waals surface area contributed by atoms with Gasteiger partial charge in [0.05, 0.1) is 17.9 Å². The maximum atomic E-state index is 12.4. The number of benzene rings is 1. The molecule has 2 heterocycles. The number of amides is 1. The van der Waals surface area contributed by atoms with E-state index >= 15 is 0 Å². The number of nitrogens with zero attached hydrogens (tertiary/aromatic N) is 2. The predicted octanol–water partition coefficient (Wildman–Crippen LogP) is 3.59. The van der Waals surface area contributed by atoms with Crippen molar-refractivity contribution in [3.8, 4) is 0 Å². The molecular formula is C18H21BrN2O2. The van der Waals surface area contributed by atoms with E-state index in [0.717, 1.165) is 22.6 Å². The molecule has 0 spiro atoms. The van der Waals surface area contributed by atoms with Gasteiger partial charge in [-0.3, -0.25) is 19.4 Å². The van der Waals surface area contributed by atoms with Gasteiger partial charge < -0.3 is 0 Å². The number of fused-ring (bicyclic) bond motifs is 2. The number of piperidine rings is 1. The summed E-state index contributed by atoms with van der Waals surface area (Å²) in [5, 5.41) is 0. The summed E-state index contributed by atoms with van der Waals surface area (Å²) in [6, 6.07) is 6.12. The first-order valence-electron chi connectivity index (χ1n) is 8.55. The molecule has 5 heteroatoms. The third kappa shape index (κ3) is 2.64. The number of carbonyl (C=O) groups excluding carboxylic acids is 2. The van der Waals surface area contributed by atoms with E-state index in [1.165, 1.54) is 38.5 Å². The Hall–Kier alpha value is -1.20. The van der Waals surface area contributed by atoms with Gasteiger partial charge in [0, 0.05) is 17.1 Å². The maximum absolute atomic E-state index is 12.4. The van der Waals surface area contributed by atoms with E-state index in [4.69, 9.17) is 0 Å². The van der Waals surface area contributed by atoms with E-state index in [1.54, 1.807) is 11.0 Å². The molecule has 2 fully saturated rings. The zero-order valence-corrected chi connectivity index (χ0v) is 14.7. The van der Waals surface area contributed by atoms with E-state index in [9.17, 15) is 9.59 Å². The van der Waals surface area contributed by atoms with Gasteiger partial charge in [0.1, 0.15) is 0 Å². The molecule has 0 radical (unpaired) electrons. The van der Waals surface area contributed by atoms with E-state index < -0.39 is 0 Å². The van der Waals surface area contributed by atoms with E-state index in [0.29, 0.717) is 18.3 Å². The monoisotopic (exact) mass is 376 g/mol. The number of hydrogen-bond acceptors (Lipinski definition) is 3. The number of ketones is 1. The summed E-state index contributed by atoms with van der Waals surface area (Å²) in [6.07, 6.45) is 7.69. The summed E-state index contributed by atoms with van der Waals surface area (Å²) in [7, 11) is 0. The fourth-order valence-corrected chi connectivity index (χ4v) is 4.86. The van der Waals surface area contributed by atoms with Gasteiger partial charge in [-0.1, -0.05) is 28.8 Å². The van der Waals surface area contributed by atoms with Crippen molar-refractivity contribution in [2.75, 3.05) is 18.1 Å².